The molecule has 0 unspecified atom stereocenters. The highest BCUT2D eigenvalue weighted by Crippen LogP contribution is 2.39. The van der Waals surface area contributed by atoms with Gasteiger partial charge in [-0.2, -0.15) is 8.78 Å². The minimum Gasteiger partial charge on any atom is -0.494 e. The summed E-state index contributed by atoms with van der Waals surface area (Å²) in [6.45, 7) is 2.74. The Morgan fingerprint density at radius 1 is 0.714 bits per heavy atom. The Balaban J connectivity index is 1.64. The van der Waals surface area contributed by atoms with Gasteiger partial charge in [-0.25, -0.2) is 13.5 Å². The fourth-order valence-electron chi connectivity index (χ4n) is 3.47. The number of rotatable bonds is 10. The van der Waals surface area contributed by atoms with Gasteiger partial charge in [0.15, 0.2) is 0 Å². The van der Waals surface area contributed by atoms with Gasteiger partial charge in [0.2, 0.25) is 0 Å². The molecular formula is C26H23F7O2. The van der Waals surface area contributed by atoms with Gasteiger partial charge in [0.05, 0.1) is 6.61 Å². The zero-order chi connectivity index (χ0) is 25.6. The fraction of sp³-hybridized carbons (Fsp3) is 0.308. The van der Waals surface area contributed by atoms with Gasteiger partial charge in [0, 0.05) is 0 Å². The predicted molar refractivity (Wildman–Crippen MR) is 117 cm³/mol. The van der Waals surface area contributed by atoms with Crippen LogP contribution in [0.3, 0.4) is 0 Å². The van der Waals surface area contributed by atoms with E-state index in [1.54, 1.807) is 0 Å². The third-order valence-electron chi connectivity index (χ3n) is 5.25. The molecule has 188 valence electrons. The van der Waals surface area contributed by atoms with E-state index in [-0.39, 0.29) is 12.0 Å². The summed E-state index contributed by atoms with van der Waals surface area (Å²) < 4.78 is 100. The van der Waals surface area contributed by atoms with Crippen LogP contribution in [0.15, 0.2) is 60.7 Å². The lowest BCUT2D eigenvalue weighted by molar-refractivity contribution is -0.432. The van der Waals surface area contributed by atoms with E-state index in [9.17, 15) is 30.7 Å². The number of hydrogen-bond acceptors (Lipinski definition) is 2. The predicted octanol–water partition coefficient (Wildman–Crippen LogP) is 8.18. The Hall–Kier alpha value is -3.07. The molecule has 9 heteroatoms. The van der Waals surface area contributed by atoms with Gasteiger partial charge in [0.1, 0.15) is 22.9 Å². The number of benzene rings is 3. The molecule has 2 nitrogen and oxygen atoms in total. The van der Waals surface area contributed by atoms with Crippen molar-refractivity contribution in [2.24, 2.45) is 0 Å². The van der Waals surface area contributed by atoms with E-state index in [2.05, 4.69) is 11.7 Å². The fourth-order valence-corrected chi connectivity index (χ4v) is 3.47. The van der Waals surface area contributed by atoms with Crippen molar-refractivity contribution in [3.63, 3.8) is 0 Å². The lowest BCUT2D eigenvalue weighted by atomic mass is 9.99. The first-order valence-corrected chi connectivity index (χ1v) is 10.9. The Bertz CT molecular complexity index is 1090. The minimum absolute atomic E-state index is 0.0225. The molecule has 0 aliphatic rings. The van der Waals surface area contributed by atoms with Crippen LogP contribution in [0.5, 0.6) is 5.75 Å². The molecule has 3 aromatic carbocycles. The zero-order valence-corrected chi connectivity index (χ0v) is 18.8. The molecular weight excluding hydrogens is 477 g/mol. The monoisotopic (exact) mass is 500 g/mol. The van der Waals surface area contributed by atoms with E-state index >= 15 is 0 Å². The maximum Gasteiger partial charge on any atom is 0.527 e. The van der Waals surface area contributed by atoms with Crippen LogP contribution < -0.4 is 4.74 Å². The van der Waals surface area contributed by atoms with Crippen molar-refractivity contribution in [3.8, 4) is 16.9 Å². The topological polar surface area (TPSA) is 18.5 Å². The van der Waals surface area contributed by atoms with Gasteiger partial charge in [-0.1, -0.05) is 49.7 Å². The zero-order valence-electron chi connectivity index (χ0n) is 18.8. The van der Waals surface area contributed by atoms with Crippen molar-refractivity contribution in [1.29, 1.82) is 0 Å². The van der Waals surface area contributed by atoms with E-state index in [0.29, 0.717) is 25.2 Å². The first kappa shape index (κ1) is 26.5. The average molecular weight is 500 g/mol. The number of halogens is 7. The summed E-state index contributed by atoms with van der Waals surface area (Å²) in [6, 6.07) is 16.2. The van der Waals surface area contributed by atoms with E-state index in [0.717, 1.165) is 35.3 Å². The minimum atomic E-state index is -5.77. The van der Waals surface area contributed by atoms with Crippen LogP contribution in [-0.2, 0) is 23.7 Å². The summed E-state index contributed by atoms with van der Waals surface area (Å²) in [5.41, 5.74) is 0.686. The number of ether oxygens (including phenoxy) is 2. The Kier molecular flexibility index (Phi) is 8.43. The number of unbranched alkanes of at least 4 members (excludes halogenated alkanes) is 1. The maximum absolute atomic E-state index is 14.1. The highest BCUT2D eigenvalue weighted by Gasteiger charge is 2.49. The smallest absolute Gasteiger partial charge is 0.494 e. The van der Waals surface area contributed by atoms with Gasteiger partial charge in [-0.3, -0.25) is 0 Å². The molecule has 0 spiro atoms. The number of hydrogen-bond donors (Lipinski definition) is 0. The molecule has 0 fully saturated rings. The molecule has 0 aliphatic heterocycles. The number of aryl methyl sites for hydroxylation is 2. The third kappa shape index (κ3) is 7.45. The third-order valence-corrected chi connectivity index (χ3v) is 5.25. The van der Waals surface area contributed by atoms with Gasteiger partial charge in [-0.15, -0.1) is 13.2 Å². The Morgan fingerprint density at radius 2 is 1.23 bits per heavy atom. The second kappa shape index (κ2) is 11.1. The van der Waals surface area contributed by atoms with Crippen molar-refractivity contribution >= 4 is 0 Å². The van der Waals surface area contributed by atoms with Crippen LogP contribution in [0.1, 0.15) is 36.5 Å². The molecule has 0 heterocycles. The van der Waals surface area contributed by atoms with Gasteiger partial charge in [0.25, 0.3) is 0 Å². The van der Waals surface area contributed by atoms with E-state index in [1.165, 1.54) is 0 Å². The average Bonchev–Trinajstić information content (AvgIpc) is 2.76. The number of alkyl halides is 5. The second-order valence-electron chi connectivity index (χ2n) is 7.92. The molecule has 0 N–H and O–H groups in total. The van der Waals surface area contributed by atoms with Crippen molar-refractivity contribution in [2.45, 2.75) is 45.1 Å². The Morgan fingerprint density at radius 3 is 1.74 bits per heavy atom. The molecule has 0 radical (unpaired) electrons. The van der Waals surface area contributed by atoms with E-state index in [4.69, 9.17) is 4.74 Å². The molecule has 0 saturated carbocycles. The standard InChI is InChI=1S/C26H23F7O2/c1-2-3-14-34-21-12-10-20(11-13-21)19-8-6-17(7-9-19)4-5-18-15-22(27)24(23(28)16-18)25(29,30)35-26(31,32)33/h6-13,15-16H,2-5,14H2,1H3. The highest BCUT2D eigenvalue weighted by molar-refractivity contribution is 5.64. The van der Waals surface area contributed by atoms with E-state index in [1.807, 2.05) is 48.5 Å². The lowest BCUT2D eigenvalue weighted by Crippen LogP contribution is -2.29. The molecule has 0 atom stereocenters. The summed E-state index contributed by atoms with van der Waals surface area (Å²) in [5, 5.41) is 0. The van der Waals surface area contributed by atoms with Crippen LogP contribution in [0.25, 0.3) is 11.1 Å². The lowest BCUT2D eigenvalue weighted by Gasteiger charge is -2.20. The van der Waals surface area contributed by atoms with Crippen molar-refractivity contribution in [2.75, 3.05) is 6.61 Å². The summed E-state index contributed by atoms with van der Waals surface area (Å²) in [7, 11) is 0. The molecule has 3 rings (SSSR count). The summed E-state index contributed by atoms with van der Waals surface area (Å²) in [5.74, 6) is -2.84. The summed E-state index contributed by atoms with van der Waals surface area (Å²) in [4.78, 5) is 0. The second-order valence-corrected chi connectivity index (χ2v) is 7.92. The summed E-state index contributed by atoms with van der Waals surface area (Å²) in [6.07, 6.45) is -8.52. The van der Waals surface area contributed by atoms with Crippen molar-refractivity contribution in [3.05, 3.63) is 89.0 Å². The first-order valence-electron chi connectivity index (χ1n) is 10.9. The van der Waals surface area contributed by atoms with Crippen LogP contribution in [-0.4, -0.2) is 13.0 Å². The van der Waals surface area contributed by atoms with Gasteiger partial charge < -0.3 is 4.74 Å². The SMILES string of the molecule is CCCCOc1ccc(-c2ccc(CCc3cc(F)c(C(F)(F)OC(F)(F)F)c(F)c3)cc2)cc1. The molecule has 35 heavy (non-hydrogen) atoms. The molecule has 0 aromatic heterocycles. The molecule has 0 aliphatic carbocycles. The highest BCUT2D eigenvalue weighted by atomic mass is 19.4. The van der Waals surface area contributed by atoms with Gasteiger partial charge >= 0.3 is 12.5 Å². The van der Waals surface area contributed by atoms with Crippen LogP contribution in [0.2, 0.25) is 0 Å². The summed E-state index contributed by atoms with van der Waals surface area (Å²) >= 11 is 0. The van der Waals surface area contributed by atoms with Crippen LogP contribution in [0, 0.1) is 11.6 Å². The van der Waals surface area contributed by atoms with Crippen molar-refractivity contribution < 1.29 is 40.2 Å². The van der Waals surface area contributed by atoms with E-state index < -0.39 is 29.7 Å². The normalized spacial score (nSPS) is 12.1. The maximum atomic E-state index is 14.1. The van der Waals surface area contributed by atoms with Gasteiger partial charge in [-0.05, 0) is 65.8 Å². The largest absolute Gasteiger partial charge is 0.527 e. The molecule has 0 saturated heterocycles. The molecule has 0 bridgehead atoms. The quantitative estimate of drug-likeness (QED) is 0.206. The van der Waals surface area contributed by atoms with Crippen molar-refractivity contribution in [1.82, 2.24) is 0 Å². The van der Waals surface area contributed by atoms with Crippen LogP contribution in [0.4, 0.5) is 30.7 Å². The first-order chi connectivity index (χ1) is 16.5. The molecule has 0 amide bonds. The van der Waals surface area contributed by atoms with Crippen LogP contribution >= 0.6 is 0 Å². The Labute approximate surface area is 198 Å². The molecule has 3 aromatic rings.